The highest BCUT2D eigenvalue weighted by Crippen LogP contribution is 2.51. The molecule has 1 rings (SSSR count). The van der Waals surface area contributed by atoms with E-state index in [0.29, 0.717) is 19.0 Å². The number of hydrogen-bond donors (Lipinski definition) is 2. The van der Waals surface area contributed by atoms with Gasteiger partial charge in [0.05, 0.1) is 17.9 Å². The Morgan fingerprint density at radius 1 is 1.24 bits per heavy atom. The number of guanidine groups is 1. The van der Waals surface area contributed by atoms with E-state index in [1.54, 1.807) is 7.11 Å². The Balaban J connectivity index is 2.70. The van der Waals surface area contributed by atoms with E-state index < -0.39 is 10.0 Å². The summed E-state index contributed by atoms with van der Waals surface area (Å²) in [5.41, 5.74) is -0.195. The van der Waals surface area contributed by atoms with Crippen molar-refractivity contribution in [3.8, 4) is 0 Å². The van der Waals surface area contributed by atoms with Gasteiger partial charge in [0.15, 0.2) is 5.96 Å². The number of methoxy groups -OCH3 is 1. The smallest absolute Gasteiger partial charge is 0.215 e. The molecule has 1 aliphatic carbocycles. The van der Waals surface area contributed by atoms with Crippen LogP contribution in [0.2, 0.25) is 0 Å². The Bertz CT molecular complexity index is 558. The lowest BCUT2D eigenvalue weighted by molar-refractivity contribution is -0.176. The predicted molar refractivity (Wildman–Crippen MR) is 103 cm³/mol. The molecule has 0 aromatic heterocycles. The van der Waals surface area contributed by atoms with E-state index in [4.69, 9.17) is 4.74 Å². The second-order valence-electron chi connectivity index (χ2n) is 7.22. The molecule has 2 N–H and O–H groups in total. The summed E-state index contributed by atoms with van der Waals surface area (Å²) in [5, 5.41) is 6.63. The van der Waals surface area contributed by atoms with Crippen molar-refractivity contribution >= 4 is 16.0 Å². The highest BCUT2D eigenvalue weighted by atomic mass is 32.2. The summed E-state index contributed by atoms with van der Waals surface area (Å²) in [4.78, 5) is 4.46. The number of rotatable bonds is 9. The van der Waals surface area contributed by atoms with Crippen LogP contribution in [-0.4, -0.2) is 69.4 Å². The van der Waals surface area contributed by atoms with Gasteiger partial charge in [0.25, 0.3) is 0 Å². The number of ether oxygens (including phenoxy) is 1. The molecule has 0 aromatic rings. The van der Waals surface area contributed by atoms with Crippen molar-refractivity contribution in [3.05, 3.63) is 0 Å². The Morgan fingerprint density at radius 3 is 2.28 bits per heavy atom. The van der Waals surface area contributed by atoms with Gasteiger partial charge in [-0.1, -0.05) is 27.7 Å². The standard InChI is InChI=1S/C17H36N4O3S/c1-8-18-15(19-11-12-25(22,23)21(9-2)10-3)20-14-13-17(6,24-7)16(14,4)5/h14H,8-13H2,1-7H3,(H2,18,19,20). The van der Waals surface area contributed by atoms with E-state index in [9.17, 15) is 8.42 Å². The molecule has 0 radical (unpaired) electrons. The van der Waals surface area contributed by atoms with Crippen molar-refractivity contribution in [1.82, 2.24) is 14.9 Å². The summed E-state index contributed by atoms with van der Waals surface area (Å²) in [5.74, 6) is 0.684. The minimum Gasteiger partial charge on any atom is -0.378 e. The average molecular weight is 377 g/mol. The zero-order chi connectivity index (χ0) is 19.3. The molecule has 0 heterocycles. The minimum absolute atomic E-state index is 0.0229. The lowest BCUT2D eigenvalue weighted by Gasteiger charge is -2.59. The van der Waals surface area contributed by atoms with Crippen molar-refractivity contribution < 1.29 is 13.2 Å². The van der Waals surface area contributed by atoms with Crippen molar-refractivity contribution in [2.75, 3.05) is 39.0 Å². The first-order valence-corrected chi connectivity index (χ1v) is 10.8. The third-order valence-electron chi connectivity index (χ3n) is 5.65. The summed E-state index contributed by atoms with van der Waals surface area (Å²) >= 11 is 0. The molecule has 0 aromatic carbocycles. The fourth-order valence-electron chi connectivity index (χ4n) is 3.23. The normalized spacial score (nSPS) is 26.4. The summed E-state index contributed by atoms with van der Waals surface area (Å²) in [6.45, 7) is 14.1. The SMILES string of the molecule is CCNC(=NCCS(=O)(=O)N(CC)CC)NC1CC(C)(OC)C1(C)C. The molecule has 2 atom stereocenters. The molecule has 1 aliphatic rings. The molecular weight excluding hydrogens is 340 g/mol. The van der Waals surface area contributed by atoms with Crippen LogP contribution in [0, 0.1) is 5.41 Å². The van der Waals surface area contributed by atoms with Crippen LogP contribution in [-0.2, 0) is 14.8 Å². The minimum atomic E-state index is -3.25. The fraction of sp³-hybridized carbons (Fsp3) is 0.941. The molecular formula is C17H36N4O3S. The van der Waals surface area contributed by atoms with Crippen molar-refractivity contribution in [2.45, 2.75) is 59.6 Å². The largest absolute Gasteiger partial charge is 0.378 e. The maximum atomic E-state index is 12.2. The second-order valence-corrected chi connectivity index (χ2v) is 9.31. The van der Waals surface area contributed by atoms with E-state index in [0.717, 1.165) is 13.0 Å². The Hall–Kier alpha value is -0.860. The lowest BCUT2D eigenvalue weighted by atomic mass is 9.56. The Morgan fingerprint density at radius 2 is 1.84 bits per heavy atom. The fourth-order valence-corrected chi connectivity index (χ4v) is 4.59. The van der Waals surface area contributed by atoms with Crippen molar-refractivity contribution in [3.63, 3.8) is 0 Å². The van der Waals surface area contributed by atoms with Crippen molar-refractivity contribution in [1.29, 1.82) is 0 Å². The summed E-state index contributed by atoms with van der Waals surface area (Å²) in [6, 6.07) is 0.231. The van der Waals surface area contributed by atoms with Crippen molar-refractivity contribution in [2.24, 2.45) is 10.4 Å². The third-order valence-corrected chi connectivity index (χ3v) is 7.65. The van der Waals surface area contributed by atoms with Crippen LogP contribution in [0.4, 0.5) is 0 Å². The molecule has 7 nitrogen and oxygen atoms in total. The summed E-state index contributed by atoms with van der Waals surface area (Å²) < 4.78 is 31.6. The van der Waals surface area contributed by atoms with Gasteiger partial charge in [-0.3, -0.25) is 4.99 Å². The maximum Gasteiger partial charge on any atom is 0.215 e. The zero-order valence-electron chi connectivity index (χ0n) is 16.8. The molecule has 2 unspecified atom stereocenters. The van der Waals surface area contributed by atoms with Gasteiger partial charge >= 0.3 is 0 Å². The zero-order valence-corrected chi connectivity index (χ0v) is 17.7. The van der Waals surface area contributed by atoms with Crippen LogP contribution in [0.3, 0.4) is 0 Å². The van der Waals surface area contributed by atoms with Gasteiger partial charge in [-0.2, -0.15) is 0 Å². The van der Waals surface area contributed by atoms with Crippen LogP contribution < -0.4 is 10.6 Å². The van der Waals surface area contributed by atoms with E-state index >= 15 is 0 Å². The van der Waals surface area contributed by atoms with E-state index in [-0.39, 0.29) is 29.4 Å². The monoisotopic (exact) mass is 376 g/mol. The summed E-state index contributed by atoms with van der Waals surface area (Å²) in [7, 11) is -1.50. The van der Waals surface area contributed by atoms with Gasteiger partial charge in [0, 0.05) is 38.2 Å². The van der Waals surface area contributed by atoms with Gasteiger partial charge in [0.2, 0.25) is 10.0 Å². The molecule has 1 saturated carbocycles. The van der Waals surface area contributed by atoms with E-state index in [2.05, 4.69) is 36.4 Å². The molecule has 0 bridgehead atoms. The van der Waals surface area contributed by atoms with Gasteiger partial charge in [-0.25, -0.2) is 12.7 Å². The van der Waals surface area contributed by atoms with Gasteiger partial charge in [-0.15, -0.1) is 0 Å². The first kappa shape index (κ1) is 22.2. The molecule has 25 heavy (non-hydrogen) atoms. The topological polar surface area (TPSA) is 83.0 Å². The van der Waals surface area contributed by atoms with E-state index in [1.807, 2.05) is 20.8 Å². The summed E-state index contributed by atoms with van der Waals surface area (Å²) in [6.07, 6.45) is 0.888. The number of hydrogen-bond acceptors (Lipinski definition) is 4. The first-order chi connectivity index (χ1) is 11.6. The highest BCUT2D eigenvalue weighted by molar-refractivity contribution is 7.89. The van der Waals surface area contributed by atoms with Gasteiger partial charge in [0.1, 0.15) is 0 Å². The molecule has 8 heteroatoms. The van der Waals surface area contributed by atoms with Crippen LogP contribution in [0.15, 0.2) is 4.99 Å². The number of nitrogens with one attached hydrogen (secondary N) is 2. The molecule has 1 fully saturated rings. The quantitative estimate of drug-likeness (QED) is 0.470. The molecule has 0 amide bonds. The van der Waals surface area contributed by atoms with Gasteiger partial charge < -0.3 is 15.4 Å². The first-order valence-electron chi connectivity index (χ1n) is 9.15. The number of nitrogens with zero attached hydrogens (tertiary/aromatic N) is 2. The van der Waals surface area contributed by atoms with Crippen LogP contribution in [0.1, 0.15) is 48.0 Å². The Labute approximate surface area is 153 Å². The number of sulfonamides is 1. The second kappa shape index (κ2) is 8.68. The highest BCUT2D eigenvalue weighted by Gasteiger charge is 2.58. The molecule has 148 valence electrons. The number of aliphatic imine (C=N–C) groups is 1. The average Bonchev–Trinajstić information content (AvgIpc) is 2.54. The van der Waals surface area contributed by atoms with Crippen LogP contribution in [0.5, 0.6) is 0 Å². The van der Waals surface area contributed by atoms with Crippen LogP contribution >= 0.6 is 0 Å². The third kappa shape index (κ3) is 4.86. The maximum absolute atomic E-state index is 12.2. The Kier molecular flexibility index (Phi) is 7.71. The van der Waals surface area contributed by atoms with Crippen LogP contribution in [0.25, 0.3) is 0 Å². The lowest BCUT2D eigenvalue weighted by Crippen LogP contribution is -2.69. The molecule has 0 spiro atoms. The molecule has 0 aliphatic heterocycles. The predicted octanol–water partition coefficient (Wildman–Crippen LogP) is 1.42. The van der Waals surface area contributed by atoms with E-state index in [1.165, 1.54) is 4.31 Å². The van der Waals surface area contributed by atoms with Gasteiger partial charge in [-0.05, 0) is 20.3 Å². The molecule has 0 saturated heterocycles.